The summed E-state index contributed by atoms with van der Waals surface area (Å²) < 4.78 is 0. The zero-order valence-corrected chi connectivity index (χ0v) is 24.3. The smallest absolute Gasteiger partial charge is 0.305 e. The second-order valence-corrected chi connectivity index (χ2v) is 11.2. The van der Waals surface area contributed by atoms with E-state index in [0.29, 0.717) is 53.6 Å². The van der Waals surface area contributed by atoms with Crippen LogP contribution in [-0.4, -0.2) is 64.9 Å². The average Bonchev–Trinajstić information content (AvgIpc) is 3.56. The van der Waals surface area contributed by atoms with Crippen molar-refractivity contribution in [3.8, 4) is 0 Å². The topological polar surface area (TPSA) is 132 Å². The summed E-state index contributed by atoms with van der Waals surface area (Å²) in [5.41, 5.74) is 3.44. The maximum atomic E-state index is 13.4. The molecule has 1 fully saturated rings. The van der Waals surface area contributed by atoms with Gasteiger partial charge in [-0.15, -0.1) is 11.3 Å². The lowest BCUT2D eigenvalue weighted by molar-refractivity contribution is -0.137. The Labute approximate surface area is 253 Å². The van der Waals surface area contributed by atoms with Crippen LogP contribution in [0.1, 0.15) is 54.0 Å². The van der Waals surface area contributed by atoms with Gasteiger partial charge in [-0.05, 0) is 54.3 Å². The lowest BCUT2D eigenvalue weighted by atomic mass is 10.0. The van der Waals surface area contributed by atoms with Crippen molar-refractivity contribution < 1.29 is 24.3 Å². The monoisotopic (exact) mass is 597 g/mol. The summed E-state index contributed by atoms with van der Waals surface area (Å²) in [5.74, 6) is -1.90. The molecule has 0 aliphatic carbocycles. The van der Waals surface area contributed by atoms with Crippen LogP contribution in [0.15, 0.2) is 84.5 Å². The fourth-order valence-electron chi connectivity index (χ4n) is 4.92. The summed E-state index contributed by atoms with van der Waals surface area (Å²) in [4.78, 5) is 59.6. The van der Waals surface area contributed by atoms with Gasteiger partial charge in [0.2, 0.25) is 0 Å². The van der Waals surface area contributed by atoms with Crippen LogP contribution in [0.5, 0.6) is 0 Å². The first-order chi connectivity index (χ1) is 20.8. The molecule has 4 aromatic rings. The van der Waals surface area contributed by atoms with Crippen molar-refractivity contribution >= 4 is 46.4 Å². The third kappa shape index (κ3) is 7.25. The fraction of sp³-hybridized carbons (Fsp3) is 0.219. The second kappa shape index (κ2) is 13.3. The van der Waals surface area contributed by atoms with E-state index in [0.717, 1.165) is 5.56 Å². The molecule has 1 saturated heterocycles. The maximum Gasteiger partial charge on any atom is 0.305 e. The molecule has 220 valence electrons. The van der Waals surface area contributed by atoms with E-state index in [1.54, 1.807) is 48.7 Å². The van der Waals surface area contributed by atoms with E-state index < -0.39 is 17.9 Å². The Morgan fingerprint density at radius 3 is 2.35 bits per heavy atom. The molecular weight excluding hydrogens is 566 g/mol. The molecule has 0 saturated carbocycles. The van der Waals surface area contributed by atoms with Crippen molar-refractivity contribution in [2.75, 3.05) is 36.4 Å². The van der Waals surface area contributed by atoms with Crippen molar-refractivity contribution in [3.63, 3.8) is 0 Å². The van der Waals surface area contributed by atoms with Crippen molar-refractivity contribution in [1.29, 1.82) is 0 Å². The van der Waals surface area contributed by atoms with Gasteiger partial charge < -0.3 is 25.5 Å². The van der Waals surface area contributed by atoms with E-state index in [-0.39, 0.29) is 23.8 Å². The van der Waals surface area contributed by atoms with Crippen LogP contribution in [0.25, 0.3) is 0 Å². The number of aliphatic carboxylic acids is 1. The molecule has 5 rings (SSSR count). The standard InChI is InChI=1S/C32H31N5O5S/c1-21-6-8-22(9-7-21)25(19-29(38)39)34-30(40)23-10-11-27(26(18-23)35-31(41)24-4-2-12-33-20-24)36-13-15-37(16-14-36)32(42)28-5-3-17-43-28/h2-12,17-18,20,25H,13-16,19H2,1H3,(H,34,40)(H,35,41)(H,38,39). The van der Waals surface area contributed by atoms with Crippen molar-refractivity contribution in [1.82, 2.24) is 15.2 Å². The molecular formula is C32H31N5O5S. The highest BCUT2D eigenvalue weighted by Crippen LogP contribution is 2.30. The SMILES string of the molecule is Cc1ccc(C(CC(=O)O)NC(=O)c2ccc(N3CCN(C(=O)c4cccs4)CC3)c(NC(=O)c3cccnc3)c2)cc1. The third-order valence-corrected chi connectivity index (χ3v) is 8.09. The Balaban J connectivity index is 1.38. The van der Waals surface area contributed by atoms with E-state index in [9.17, 15) is 24.3 Å². The number of carbonyl (C=O) groups excluding carboxylic acids is 3. The minimum absolute atomic E-state index is 0.00346. The Bertz CT molecular complexity index is 1600. The van der Waals surface area contributed by atoms with Gasteiger partial charge in [0.15, 0.2) is 0 Å². The molecule has 0 spiro atoms. The molecule has 11 heteroatoms. The number of anilines is 2. The fourth-order valence-corrected chi connectivity index (χ4v) is 5.61. The first-order valence-corrected chi connectivity index (χ1v) is 14.7. The lowest BCUT2D eigenvalue weighted by Gasteiger charge is -2.37. The molecule has 0 bridgehead atoms. The van der Waals surface area contributed by atoms with Crippen LogP contribution in [0, 0.1) is 6.92 Å². The summed E-state index contributed by atoms with van der Waals surface area (Å²) in [6.45, 7) is 4.00. The summed E-state index contributed by atoms with van der Waals surface area (Å²) in [7, 11) is 0. The van der Waals surface area contributed by atoms with E-state index in [4.69, 9.17) is 0 Å². The Kier molecular flexibility index (Phi) is 9.11. The van der Waals surface area contributed by atoms with Crippen molar-refractivity contribution in [2.45, 2.75) is 19.4 Å². The minimum atomic E-state index is -1.04. The molecule has 3 heterocycles. The third-order valence-electron chi connectivity index (χ3n) is 7.23. The number of benzene rings is 2. The number of aromatic nitrogens is 1. The number of amides is 3. The second-order valence-electron chi connectivity index (χ2n) is 10.2. The van der Waals surface area contributed by atoms with Gasteiger partial charge in [0.1, 0.15) is 0 Å². The number of thiophene rings is 1. The number of carbonyl (C=O) groups is 4. The number of nitrogens with one attached hydrogen (secondary N) is 2. The average molecular weight is 598 g/mol. The molecule has 1 unspecified atom stereocenters. The molecule has 2 aromatic carbocycles. The largest absolute Gasteiger partial charge is 0.481 e. The summed E-state index contributed by atoms with van der Waals surface area (Å²) in [6, 6.07) is 18.6. The van der Waals surface area contributed by atoms with Gasteiger partial charge in [-0.1, -0.05) is 35.9 Å². The predicted octanol–water partition coefficient (Wildman–Crippen LogP) is 4.61. The number of hydrogen-bond acceptors (Lipinski definition) is 7. The maximum absolute atomic E-state index is 13.4. The highest BCUT2D eigenvalue weighted by Gasteiger charge is 2.26. The molecule has 3 N–H and O–H groups in total. The lowest BCUT2D eigenvalue weighted by Crippen LogP contribution is -2.48. The number of nitrogens with zero attached hydrogens (tertiary/aromatic N) is 3. The zero-order chi connectivity index (χ0) is 30.3. The van der Waals surface area contributed by atoms with Crippen LogP contribution in [0.3, 0.4) is 0 Å². The van der Waals surface area contributed by atoms with E-state index in [2.05, 4.69) is 20.5 Å². The van der Waals surface area contributed by atoms with Crippen LogP contribution in [0.2, 0.25) is 0 Å². The van der Waals surface area contributed by atoms with Gasteiger partial charge in [-0.2, -0.15) is 0 Å². The van der Waals surface area contributed by atoms with Gasteiger partial charge >= 0.3 is 5.97 Å². The number of carboxylic acids is 1. The van der Waals surface area contributed by atoms with E-state index in [1.807, 2.05) is 41.5 Å². The number of rotatable bonds is 9. The molecule has 0 radical (unpaired) electrons. The van der Waals surface area contributed by atoms with E-state index in [1.165, 1.54) is 17.5 Å². The number of pyridine rings is 1. The number of hydrogen-bond donors (Lipinski definition) is 3. The number of piperazine rings is 1. The molecule has 1 aliphatic heterocycles. The number of aryl methyl sites for hydroxylation is 1. The van der Waals surface area contributed by atoms with E-state index >= 15 is 0 Å². The Hall–Kier alpha value is -5.03. The normalized spacial score (nSPS) is 13.7. The molecule has 43 heavy (non-hydrogen) atoms. The van der Waals surface area contributed by atoms with Crippen LogP contribution >= 0.6 is 11.3 Å². The molecule has 3 amide bonds. The first kappa shape index (κ1) is 29.5. The van der Waals surface area contributed by atoms with Crippen molar-refractivity contribution in [3.05, 3.63) is 112 Å². The first-order valence-electron chi connectivity index (χ1n) is 13.8. The van der Waals surface area contributed by atoms with Crippen LogP contribution in [0.4, 0.5) is 11.4 Å². The highest BCUT2D eigenvalue weighted by molar-refractivity contribution is 7.12. The van der Waals surface area contributed by atoms with Gasteiger partial charge in [-0.25, -0.2) is 0 Å². The van der Waals surface area contributed by atoms with Gasteiger partial charge in [0, 0.05) is 44.1 Å². The zero-order valence-electron chi connectivity index (χ0n) is 23.5. The minimum Gasteiger partial charge on any atom is -0.481 e. The number of carboxylic acid groups (broad SMARTS) is 1. The van der Waals surface area contributed by atoms with Gasteiger partial charge in [0.25, 0.3) is 17.7 Å². The van der Waals surface area contributed by atoms with Crippen molar-refractivity contribution in [2.24, 2.45) is 0 Å². The van der Waals surface area contributed by atoms with Gasteiger partial charge in [-0.3, -0.25) is 24.2 Å². The Morgan fingerprint density at radius 2 is 1.70 bits per heavy atom. The summed E-state index contributed by atoms with van der Waals surface area (Å²) in [6.07, 6.45) is 2.75. The quantitative estimate of drug-likeness (QED) is 0.257. The summed E-state index contributed by atoms with van der Waals surface area (Å²) >= 11 is 1.41. The van der Waals surface area contributed by atoms with Crippen LogP contribution < -0.4 is 15.5 Å². The summed E-state index contributed by atoms with van der Waals surface area (Å²) in [5, 5.41) is 17.1. The molecule has 2 aromatic heterocycles. The molecule has 1 atom stereocenters. The highest BCUT2D eigenvalue weighted by atomic mass is 32.1. The predicted molar refractivity (Wildman–Crippen MR) is 165 cm³/mol. The van der Waals surface area contributed by atoms with Crippen LogP contribution in [-0.2, 0) is 4.79 Å². The molecule has 10 nitrogen and oxygen atoms in total. The van der Waals surface area contributed by atoms with Gasteiger partial charge in [0.05, 0.1) is 34.3 Å². The Morgan fingerprint density at radius 1 is 0.930 bits per heavy atom. The molecule has 1 aliphatic rings.